The zero-order valence-corrected chi connectivity index (χ0v) is 9.69. The Balaban J connectivity index is 2.94. The first-order chi connectivity index (χ1) is 6.18. The lowest BCUT2D eigenvalue weighted by molar-refractivity contribution is 0.638. The van der Waals surface area contributed by atoms with Crippen LogP contribution in [0.2, 0.25) is 0 Å². The van der Waals surface area contributed by atoms with Gasteiger partial charge in [0.1, 0.15) is 5.82 Å². The molecule has 13 heavy (non-hydrogen) atoms. The molecule has 0 aliphatic rings. The monoisotopic (exact) mass is 302 g/mol. The Morgan fingerprint density at radius 1 is 1.08 bits per heavy atom. The molecule has 2 aromatic carbocycles. The van der Waals surface area contributed by atoms with Crippen molar-refractivity contribution in [3.8, 4) is 0 Å². The summed E-state index contributed by atoms with van der Waals surface area (Å²) in [5, 5.41) is 1.52. The van der Waals surface area contributed by atoms with Crippen LogP contribution in [0, 0.1) is 5.82 Å². The SMILES string of the molecule is Fc1cc(Br)cc2cccc(Br)c12. The molecule has 0 nitrogen and oxygen atoms in total. The molecular weight excluding hydrogens is 299 g/mol. The van der Waals surface area contributed by atoms with Gasteiger partial charge in [0, 0.05) is 14.3 Å². The third kappa shape index (κ3) is 1.63. The van der Waals surface area contributed by atoms with Gasteiger partial charge in [-0.1, -0.05) is 44.0 Å². The molecule has 3 heteroatoms. The van der Waals surface area contributed by atoms with Crippen LogP contribution < -0.4 is 0 Å². The van der Waals surface area contributed by atoms with E-state index in [0.29, 0.717) is 5.39 Å². The standard InChI is InChI=1S/C10H5Br2F/c11-7-4-6-2-1-3-8(12)10(6)9(13)5-7/h1-5H. The van der Waals surface area contributed by atoms with Crippen LogP contribution in [0.3, 0.4) is 0 Å². The van der Waals surface area contributed by atoms with Gasteiger partial charge in [0.05, 0.1) is 0 Å². The van der Waals surface area contributed by atoms with Crippen molar-refractivity contribution in [2.45, 2.75) is 0 Å². The zero-order valence-electron chi connectivity index (χ0n) is 6.52. The highest BCUT2D eigenvalue weighted by molar-refractivity contribution is 9.11. The van der Waals surface area contributed by atoms with E-state index < -0.39 is 0 Å². The van der Waals surface area contributed by atoms with Crippen molar-refractivity contribution >= 4 is 42.6 Å². The minimum Gasteiger partial charge on any atom is -0.206 e. The number of hydrogen-bond acceptors (Lipinski definition) is 0. The summed E-state index contributed by atoms with van der Waals surface area (Å²) in [6, 6.07) is 8.96. The molecule has 66 valence electrons. The highest BCUT2D eigenvalue weighted by Crippen LogP contribution is 2.29. The fourth-order valence-electron chi connectivity index (χ4n) is 1.30. The average molecular weight is 304 g/mol. The summed E-state index contributed by atoms with van der Waals surface area (Å²) < 4.78 is 15.0. The normalized spacial score (nSPS) is 10.7. The molecule has 0 N–H and O–H groups in total. The summed E-state index contributed by atoms with van der Waals surface area (Å²) in [6.07, 6.45) is 0. The van der Waals surface area contributed by atoms with Gasteiger partial charge >= 0.3 is 0 Å². The maximum atomic E-state index is 13.4. The molecule has 0 heterocycles. The van der Waals surface area contributed by atoms with E-state index in [2.05, 4.69) is 31.9 Å². The molecule has 0 saturated heterocycles. The van der Waals surface area contributed by atoms with Crippen LogP contribution in [0.1, 0.15) is 0 Å². The number of rotatable bonds is 0. The number of fused-ring (bicyclic) bond motifs is 1. The molecule has 2 rings (SSSR count). The van der Waals surface area contributed by atoms with Crippen LogP contribution in [0.4, 0.5) is 4.39 Å². The maximum Gasteiger partial charge on any atom is 0.133 e. The Kier molecular flexibility index (Phi) is 2.39. The van der Waals surface area contributed by atoms with Crippen LogP contribution >= 0.6 is 31.9 Å². The molecule has 0 unspecified atom stereocenters. The van der Waals surface area contributed by atoms with Crippen molar-refractivity contribution in [2.24, 2.45) is 0 Å². The highest BCUT2D eigenvalue weighted by atomic mass is 79.9. The van der Waals surface area contributed by atoms with E-state index in [1.54, 1.807) is 0 Å². The first-order valence-corrected chi connectivity index (χ1v) is 5.30. The van der Waals surface area contributed by atoms with Crippen molar-refractivity contribution in [1.29, 1.82) is 0 Å². The number of halogens is 3. The van der Waals surface area contributed by atoms with Gasteiger partial charge in [0.15, 0.2) is 0 Å². The number of hydrogen-bond donors (Lipinski definition) is 0. The summed E-state index contributed by atoms with van der Waals surface area (Å²) in [5.74, 6) is -0.211. The molecule has 0 bridgehead atoms. The molecule has 2 aromatic rings. The van der Waals surface area contributed by atoms with E-state index in [0.717, 1.165) is 14.3 Å². The minimum atomic E-state index is -0.211. The summed E-state index contributed by atoms with van der Waals surface area (Å²) >= 11 is 6.57. The first-order valence-electron chi connectivity index (χ1n) is 3.72. The van der Waals surface area contributed by atoms with Gasteiger partial charge in [0.25, 0.3) is 0 Å². The Hall–Kier alpha value is -0.410. The topological polar surface area (TPSA) is 0 Å². The largest absolute Gasteiger partial charge is 0.206 e. The minimum absolute atomic E-state index is 0.211. The van der Waals surface area contributed by atoms with Crippen molar-refractivity contribution in [1.82, 2.24) is 0 Å². The molecule has 0 atom stereocenters. The summed E-state index contributed by atoms with van der Waals surface area (Å²) in [4.78, 5) is 0. The van der Waals surface area contributed by atoms with E-state index in [1.165, 1.54) is 6.07 Å². The van der Waals surface area contributed by atoms with Gasteiger partial charge in [-0.2, -0.15) is 0 Å². The van der Waals surface area contributed by atoms with E-state index in [9.17, 15) is 4.39 Å². The van der Waals surface area contributed by atoms with Gasteiger partial charge in [-0.15, -0.1) is 0 Å². The van der Waals surface area contributed by atoms with Crippen LogP contribution in [0.15, 0.2) is 39.3 Å². The Bertz CT molecular complexity index is 466. The molecule has 0 aliphatic heterocycles. The lowest BCUT2D eigenvalue weighted by atomic mass is 10.1. The fourth-order valence-corrected chi connectivity index (χ4v) is 2.32. The van der Waals surface area contributed by atoms with Gasteiger partial charge in [0.2, 0.25) is 0 Å². The molecule has 0 aliphatic carbocycles. The van der Waals surface area contributed by atoms with E-state index in [-0.39, 0.29) is 5.82 Å². The van der Waals surface area contributed by atoms with Crippen molar-refractivity contribution in [2.75, 3.05) is 0 Å². The Morgan fingerprint density at radius 2 is 1.85 bits per heavy atom. The van der Waals surface area contributed by atoms with E-state index in [4.69, 9.17) is 0 Å². The third-order valence-electron chi connectivity index (χ3n) is 1.84. The second-order valence-electron chi connectivity index (χ2n) is 2.73. The molecule has 0 radical (unpaired) electrons. The lowest BCUT2D eigenvalue weighted by Crippen LogP contribution is -1.81. The molecule has 0 fully saturated rings. The lowest BCUT2D eigenvalue weighted by Gasteiger charge is -2.02. The van der Waals surface area contributed by atoms with E-state index >= 15 is 0 Å². The summed E-state index contributed by atoms with van der Waals surface area (Å²) in [7, 11) is 0. The van der Waals surface area contributed by atoms with E-state index in [1.807, 2.05) is 24.3 Å². The van der Waals surface area contributed by atoms with Crippen molar-refractivity contribution in [3.63, 3.8) is 0 Å². The van der Waals surface area contributed by atoms with Crippen LogP contribution in [0.25, 0.3) is 10.8 Å². The van der Waals surface area contributed by atoms with Gasteiger partial charge in [-0.25, -0.2) is 4.39 Å². The molecule has 0 spiro atoms. The van der Waals surface area contributed by atoms with Crippen LogP contribution in [-0.4, -0.2) is 0 Å². The predicted octanol–water partition coefficient (Wildman–Crippen LogP) is 4.50. The highest BCUT2D eigenvalue weighted by Gasteiger charge is 2.05. The second kappa shape index (κ2) is 3.39. The van der Waals surface area contributed by atoms with Crippen molar-refractivity contribution in [3.05, 3.63) is 45.1 Å². The predicted molar refractivity (Wildman–Crippen MR) is 59.3 cm³/mol. The maximum absolute atomic E-state index is 13.4. The third-order valence-corrected chi connectivity index (χ3v) is 2.96. The average Bonchev–Trinajstić information content (AvgIpc) is 2.02. The summed E-state index contributed by atoms with van der Waals surface area (Å²) in [6.45, 7) is 0. The second-order valence-corrected chi connectivity index (χ2v) is 4.50. The Morgan fingerprint density at radius 3 is 2.62 bits per heavy atom. The summed E-state index contributed by atoms with van der Waals surface area (Å²) in [5.41, 5.74) is 0. The van der Waals surface area contributed by atoms with Gasteiger partial charge in [-0.3, -0.25) is 0 Å². The molecular formula is C10H5Br2F. The Labute approximate surface area is 92.0 Å². The first kappa shape index (κ1) is 9.16. The fraction of sp³-hybridized carbons (Fsp3) is 0. The van der Waals surface area contributed by atoms with Crippen molar-refractivity contribution < 1.29 is 4.39 Å². The van der Waals surface area contributed by atoms with Crippen LogP contribution in [0.5, 0.6) is 0 Å². The number of benzene rings is 2. The molecule has 0 saturated carbocycles. The van der Waals surface area contributed by atoms with Gasteiger partial charge in [-0.05, 0) is 23.6 Å². The molecule has 0 aromatic heterocycles. The zero-order chi connectivity index (χ0) is 9.42. The molecule has 0 amide bonds. The van der Waals surface area contributed by atoms with Gasteiger partial charge < -0.3 is 0 Å². The smallest absolute Gasteiger partial charge is 0.133 e. The van der Waals surface area contributed by atoms with Crippen LogP contribution in [-0.2, 0) is 0 Å². The quantitative estimate of drug-likeness (QED) is 0.672.